The average molecular weight is 476 g/mol. The van der Waals surface area contributed by atoms with Crippen molar-refractivity contribution in [3.8, 4) is 0 Å². The van der Waals surface area contributed by atoms with Gasteiger partial charge in [0.05, 0.1) is 42.1 Å². The van der Waals surface area contributed by atoms with Gasteiger partial charge in [0, 0.05) is 46.9 Å². The Morgan fingerprint density at radius 3 is 2.56 bits per heavy atom. The SMILES string of the molecule is O=C(Nc1ccnn1Cc1c(Cl)cccc1Cl)c1cc([N+](=O)[O-])ccc1N1CCOCC1. The van der Waals surface area contributed by atoms with Crippen molar-refractivity contribution in [2.24, 2.45) is 0 Å². The lowest BCUT2D eigenvalue weighted by Crippen LogP contribution is -2.37. The van der Waals surface area contributed by atoms with Crippen LogP contribution in [0.5, 0.6) is 0 Å². The van der Waals surface area contributed by atoms with E-state index in [0.717, 1.165) is 0 Å². The molecule has 0 aliphatic carbocycles. The zero-order valence-electron chi connectivity index (χ0n) is 16.8. The highest BCUT2D eigenvalue weighted by Gasteiger charge is 2.23. The van der Waals surface area contributed by atoms with E-state index in [1.807, 2.05) is 4.90 Å². The van der Waals surface area contributed by atoms with E-state index >= 15 is 0 Å². The molecule has 1 amide bonds. The molecule has 1 aromatic heterocycles. The number of nitrogens with zero attached hydrogens (tertiary/aromatic N) is 4. The first-order chi connectivity index (χ1) is 15.4. The number of nitro benzene ring substituents is 1. The van der Waals surface area contributed by atoms with Gasteiger partial charge in [0.1, 0.15) is 5.82 Å². The van der Waals surface area contributed by atoms with Crippen molar-refractivity contribution in [2.75, 3.05) is 36.5 Å². The number of carbonyl (C=O) groups excluding carboxylic acids is 1. The maximum atomic E-state index is 13.2. The van der Waals surface area contributed by atoms with Crippen LogP contribution >= 0.6 is 23.2 Å². The lowest BCUT2D eigenvalue weighted by Gasteiger charge is -2.30. The highest BCUT2D eigenvalue weighted by Crippen LogP contribution is 2.29. The predicted octanol–water partition coefficient (Wildman–Crippen LogP) is 4.24. The first-order valence-corrected chi connectivity index (χ1v) is 10.6. The van der Waals surface area contributed by atoms with Crippen LogP contribution in [0.3, 0.4) is 0 Å². The summed E-state index contributed by atoms with van der Waals surface area (Å²) in [5, 5.41) is 19.3. The van der Waals surface area contributed by atoms with Gasteiger partial charge in [-0.2, -0.15) is 5.10 Å². The Labute approximate surface area is 193 Å². The van der Waals surface area contributed by atoms with Crippen LogP contribution in [-0.4, -0.2) is 46.9 Å². The molecule has 1 aliphatic heterocycles. The lowest BCUT2D eigenvalue weighted by atomic mass is 10.1. The Morgan fingerprint density at radius 2 is 1.88 bits per heavy atom. The number of ether oxygens (including phenoxy) is 1. The van der Waals surface area contributed by atoms with Crippen LogP contribution in [0.15, 0.2) is 48.7 Å². The number of nitro groups is 1. The number of amides is 1. The summed E-state index contributed by atoms with van der Waals surface area (Å²) in [6, 6.07) is 11.1. The number of anilines is 2. The van der Waals surface area contributed by atoms with Crippen molar-refractivity contribution in [2.45, 2.75) is 6.54 Å². The third kappa shape index (κ3) is 4.69. The van der Waals surface area contributed by atoms with Gasteiger partial charge >= 0.3 is 0 Å². The molecule has 0 saturated carbocycles. The molecule has 0 bridgehead atoms. The molecule has 9 nitrogen and oxygen atoms in total. The lowest BCUT2D eigenvalue weighted by molar-refractivity contribution is -0.384. The minimum Gasteiger partial charge on any atom is -0.378 e. The van der Waals surface area contributed by atoms with Crippen LogP contribution in [0.4, 0.5) is 17.2 Å². The van der Waals surface area contributed by atoms with E-state index < -0.39 is 10.8 Å². The van der Waals surface area contributed by atoms with Crippen molar-refractivity contribution >= 4 is 46.3 Å². The quantitative estimate of drug-likeness (QED) is 0.422. The van der Waals surface area contributed by atoms with Crippen LogP contribution in [0.25, 0.3) is 0 Å². The molecule has 2 aromatic carbocycles. The molecule has 0 spiro atoms. The van der Waals surface area contributed by atoms with Crippen LogP contribution < -0.4 is 10.2 Å². The molecular weight excluding hydrogens is 457 g/mol. The van der Waals surface area contributed by atoms with Gasteiger partial charge < -0.3 is 15.0 Å². The van der Waals surface area contributed by atoms with E-state index in [2.05, 4.69) is 10.4 Å². The predicted molar refractivity (Wildman–Crippen MR) is 122 cm³/mol. The van der Waals surface area contributed by atoms with Gasteiger partial charge in [-0.05, 0) is 18.2 Å². The van der Waals surface area contributed by atoms with Crippen LogP contribution in [0, 0.1) is 10.1 Å². The summed E-state index contributed by atoms with van der Waals surface area (Å²) in [6.07, 6.45) is 1.54. The Morgan fingerprint density at radius 1 is 1.16 bits per heavy atom. The number of carbonyl (C=O) groups is 1. The summed E-state index contributed by atoms with van der Waals surface area (Å²) < 4.78 is 6.93. The Balaban J connectivity index is 1.63. The van der Waals surface area contributed by atoms with Crippen LogP contribution in [0.2, 0.25) is 10.0 Å². The number of non-ortho nitro benzene ring substituents is 1. The van der Waals surface area contributed by atoms with Crippen LogP contribution in [0.1, 0.15) is 15.9 Å². The Bertz CT molecular complexity index is 1140. The van der Waals surface area contributed by atoms with E-state index in [1.165, 1.54) is 18.3 Å². The number of hydrogen-bond donors (Lipinski definition) is 1. The molecule has 1 aliphatic rings. The van der Waals surface area contributed by atoms with Gasteiger partial charge in [0.15, 0.2) is 0 Å². The third-order valence-corrected chi connectivity index (χ3v) is 5.82. The fraction of sp³-hybridized carbons (Fsp3) is 0.238. The zero-order valence-corrected chi connectivity index (χ0v) is 18.3. The molecule has 2 heterocycles. The largest absolute Gasteiger partial charge is 0.378 e. The second-order valence-electron chi connectivity index (χ2n) is 7.09. The molecule has 0 unspecified atom stereocenters. The van der Waals surface area contributed by atoms with E-state index in [0.29, 0.717) is 53.4 Å². The highest BCUT2D eigenvalue weighted by molar-refractivity contribution is 6.36. The monoisotopic (exact) mass is 475 g/mol. The molecule has 1 saturated heterocycles. The van der Waals surface area contributed by atoms with Gasteiger partial charge in [-0.15, -0.1) is 0 Å². The summed E-state index contributed by atoms with van der Waals surface area (Å²) in [4.78, 5) is 26.0. The summed E-state index contributed by atoms with van der Waals surface area (Å²) in [5.74, 6) is -0.0763. The molecular formula is C21H19Cl2N5O4. The van der Waals surface area contributed by atoms with Crippen LogP contribution in [-0.2, 0) is 11.3 Å². The number of aromatic nitrogens is 2. The molecule has 1 N–H and O–H groups in total. The number of hydrogen-bond acceptors (Lipinski definition) is 6. The fourth-order valence-corrected chi connectivity index (χ4v) is 4.00. The first kappa shape index (κ1) is 22.1. The third-order valence-electron chi connectivity index (χ3n) is 5.12. The van der Waals surface area contributed by atoms with Gasteiger partial charge in [-0.1, -0.05) is 29.3 Å². The van der Waals surface area contributed by atoms with E-state index in [1.54, 1.807) is 35.0 Å². The van der Waals surface area contributed by atoms with Gasteiger partial charge in [-0.3, -0.25) is 14.9 Å². The maximum Gasteiger partial charge on any atom is 0.270 e. The smallest absolute Gasteiger partial charge is 0.270 e. The number of nitrogens with one attached hydrogen (secondary N) is 1. The molecule has 3 aromatic rings. The summed E-state index contributed by atoms with van der Waals surface area (Å²) in [6.45, 7) is 2.45. The number of benzene rings is 2. The first-order valence-electron chi connectivity index (χ1n) is 9.81. The minimum atomic E-state index is -0.524. The molecule has 0 radical (unpaired) electrons. The molecule has 1 fully saturated rings. The van der Waals surface area contributed by atoms with Crippen molar-refractivity contribution < 1.29 is 14.5 Å². The number of rotatable bonds is 6. The number of morpholine rings is 1. The standard InChI is InChI=1S/C21H19Cl2N5O4/c22-17-2-1-3-18(23)16(17)13-27-20(6-7-24-27)25-21(29)15-12-14(28(30)31)4-5-19(15)26-8-10-32-11-9-26/h1-7,12H,8-11,13H2,(H,25,29). The number of halogens is 2. The van der Waals surface area contributed by atoms with E-state index in [4.69, 9.17) is 27.9 Å². The summed E-state index contributed by atoms with van der Waals surface area (Å²) in [7, 11) is 0. The van der Waals surface area contributed by atoms with Crippen molar-refractivity contribution in [1.29, 1.82) is 0 Å². The topological polar surface area (TPSA) is 103 Å². The van der Waals surface area contributed by atoms with Crippen molar-refractivity contribution in [3.63, 3.8) is 0 Å². The minimum absolute atomic E-state index is 0.163. The van der Waals surface area contributed by atoms with E-state index in [-0.39, 0.29) is 17.8 Å². The fourth-order valence-electron chi connectivity index (χ4n) is 3.48. The second kappa shape index (κ2) is 9.56. The van der Waals surface area contributed by atoms with Gasteiger partial charge in [-0.25, -0.2) is 4.68 Å². The van der Waals surface area contributed by atoms with Crippen molar-refractivity contribution in [3.05, 3.63) is 79.9 Å². The molecule has 32 heavy (non-hydrogen) atoms. The molecule has 166 valence electrons. The Kier molecular flexibility index (Phi) is 6.59. The summed E-state index contributed by atoms with van der Waals surface area (Å²) in [5.41, 5.74) is 1.31. The molecule has 0 atom stereocenters. The highest BCUT2D eigenvalue weighted by atomic mass is 35.5. The van der Waals surface area contributed by atoms with Crippen molar-refractivity contribution in [1.82, 2.24) is 9.78 Å². The van der Waals surface area contributed by atoms with Gasteiger partial charge in [0.25, 0.3) is 11.6 Å². The maximum absolute atomic E-state index is 13.2. The zero-order chi connectivity index (χ0) is 22.7. The summed E-state index contributed by atoms with van der Waals surface area (Å²) >= 11 is 12.5. The normalized spacial score (nSPS) is 13.8. The average Bonchev–Trinajstić information content (AvgIpc) is 3.23. The van der Waals surface area contributed by atoms with E-state index in [9.17, 15) is 14.9 Å². The Hall–Kier alpha value is -3.14. The second-order valence-corrected chi connectivity index (χ2v) is 7.90. The molecule has 4 rings (SSSR count). The van der Waals surface area contributed by atoms with Gasteiger partial charge in [0.2, 0.25) is 0 Å². The molecule has 11 heteroatoms.